The summed E-state index contributed by atoms with van der Waals surface area (Å²) in [6, 6.07) is 5.70. The Morgan fingerprint density at radius 2 is 2.00 bits per heavy atom. The van der Waals surface area contributed by atoms with Crippen LogP contribution < -0.4 is 4.90 Å². The van der Waals surface area contributed by atoms with Crippen molar-refractivity contribution in [1.82, 2.24) is 9.88 Å². The molecule has 1 atom stereocenters. The Morgan fingerprint density at radius 1 is 1.14 bits per heavy atom. The lowest BCUT2D eigenvalue weighted by Crippen LogP contribution is -2.57. The molecule has 0 aromatic carbocycles. The highest BCUT2D eigenvalue weighted by Gasteiger charge is 2.59. The Labute approximate surface area is 130 Å². The van der Waals surface area contributed by atoms with Gasteiger partial charge in [0.1, 0.15) is 5.82 Å². The predicted molar refractivity (Wildman–Crippen MR) is 82.2 cm³/mol. The van der Waals surface area contributed by atoms with Gasteiger partial charge in [0, 0.05) is 45.3 Å². The van der Waals surface area contributed by atoms with Crippen molar-refractivity contribution in [2.45, 2.75) is 31.6 Å². The molecule has 4 rings (SSSR count). The van der Waals surface area contributed by atoms with E-state index in [1.165, 1.54) is 12.8 Å². The second kappa shape index (κ2) is 5.15. The Hall–Kier alpha value is -1.23. The zero-order chi connectivity index (χ0) is 15.2. The molecule has 1 aliphatic carbocycles. The van der Waals surface area contributed by atoms with Gasteiger partial charge in [-0.2, -0.15) is 0 Å². The molecule has 3 fully saturated rings. The van der Waals surface area contributed by atoms with Gasteiger partial charge in [0.05, 0.1) is 5.41 Å². The summed E-state index contributed by atoms with van der Waals surface area (Å²) in [5, 5.41) is 0. The van der Waals surface area contributed by atoms with Gasteiger partial charge in [0.2, 0.25) is 0 Å². The lowest BCUT2D eigenvalue weighted by molar-refractivity contribution is -0.157. The zero-order valence-corrected chi connectivity index (χ0v) is 12.8. The van der Waals surface area contributed by atoms with Gasteiger partial charge in [-0.25, -0.2) is 13.8 Å². The van der Waals surface area contributed by atoms with Crippen LogP contribution in [0.2, 0.25) is 0 Å². The number of aromatic nitrogens is 1. The molecule has 0 radical (unpaired) electrons. The van der Waals surface area contributed by atoms with Crippen LogP contribution in [0.1, 0.15) is 25.7 Å². The molecule has 0 unspecified atom stereocenters. The van der Waals surface area contributed by atoms with Gasteiger partial charge in [-0.3, -0.25) is 0 Å². The quantitative estimate of drug-likeness (QED) is 0.855. The number of piperidine rings is 1. The van der Waals surface area contributed by atoms with E-state index >= 15 is 0 Å². The van der Waals surface area contributed by atoms with E-state index in [2.05, 4.69) is 9.88 Å². The monoisotopic (exact) mass is 307 g/mol. The molecular weight excluding hydrogens is 284 g/mol. The number of rotatable bonds is 3. The highest BCUT2D eigenvalue weighted by molar-refractivity contribution is 5.40. The van der Waals surface area contributed by atoms with Crippen LogP contribution in [-0.2, 0) is 0 Å². The topological polar surface area (TPSA) is 19.4 Å². The molecule has 2 saturated heterocycles. The van der Waals surface area contributed by atoms with E-state index in [4.69, 9.17) is 0 Å². The van der Waals surface area contributed by atoms with E-state index in [-0.39, 0.29) is 6.42 Å². The van der Waals surface area contributed by atoms with Crippen LogP contribution in [0.4, 0.5) is 14.6 Å². The molecule has 1 aromatic heterocycles. The molecule has 0 N–H and O–H groups in total. The van der Waals surface area contributed by atoms with Gasteiger partial charge in [-0.1, -0.05) is 6.07 Å². The zero-order valence-electron chi connectivity index (χ0n) is 12.8. The van der Waals surface area contributed by atoms with Gasteiger partial charge in [-0.05, 0) is 37.3 Å². The molecule has 3 aliphatic rings. The van der Waals surface area contributed by atoms with Gasteiger partial charge in [0.15, 0.2) is 0 Å². The summed E-state index contributed by atoms with van der Waals surface area (Å²) in [7, 11) is 0. The van der Waals surface area contributed by atoms with E-state index in [0.717, 1.165) is 18.3 Å². The number of alkyl halides is 2. The first kappa shape index (κ1) is 14.4. The molecule has 0 bridgehead atoms. The van der Waals surface area contributed by atoms with Gasteiger partial charge in [0.25, 0.3) is 5.92 Å². The van der Waals surface area contributed by atoms with Gasteiger partial charge in [-0.15, -0.1) is 0 Å². The summed E-state index contributed by atoms with van der Waals surface area (Å²) in [6.07, 6.45) is 4.87. The fraction of sp³-hybridized carbons (Fsp3) is 0.706. The lowest BCUT2D eigenvalue weighted by atomic mass is 9.75. The van der Waals surface area contributed by atoms with E-state index in [1.54, 1.807) is 6.20 Å². The SMILES string of the molecule is FC1(F)CCN(CC2CC2)C[C@]12CCN(c1ccccn1)C2. The number of halogens is 2. The summed E-state index contributed by atoms with van der Waals surface area (Å²) in [6.45, 7) is 3.22. The standard InChI is InChI=1S/C17H23F2N3/c18-17(19)7-9-21(11-14-4-5-14)12-16(17)6-10-22(13-16)15-3-1-2-8-20-15/h1-3,8,14H,4-7,9-13H2/t16-/m0/s1. The minimum Gasteiger partial charge on any atom is -0.356 e. The minimum atomic E-state index is -2.56. The maximum Gasteiger partial charge on any atom is 0.257 e. The number of hydrogen-bond donors (Lipinski definition) is 0. The molecule has 1 aromatic rings. The summed E-state index contributed by atoms with van der Waals surface area (Å²) in [4.78, 5) is 8.66. The Morgan fingerprint density at radius 3 is 2.73 bits per heavy atom. The number of nitrogens with zero attached hydrogens (tertiary/aromatic N) is 3. The lowest BCUT2D eigenvalue weighted by Gasteiger charge is -2.46. The van der Waals surface area contributed by atoms with Crippen LogP contribution in [0.3, 0.4) is 0 Å². The van der Waals surface area contributed by atoms with E-state index in [1.807, 2.05) is 23.1 Å². The first-order chi connectivity index (χ1) is 10.6. The Balaban J connectivity index is 1.52. The molecule has 0 amide bonds. The van der Waals surface area contributed by atoms with Crippen molar-refractivity contribution in [1.29, 1.82) is 0 Å². The average Bonchev–Trinajstić information content (AvgIpc) is 3.22. The largest absolute Gasteiger partial charge is 0.356 e. The number of likely N-dealkylation sites (tertiary alicyclic amines) is 1. The Bertz CT molecular complexity index is 532. The van der Waals surface area contributed by atoms with Crippen LogP contribution in [0.25, 0.3) is 0 Å². The van der Waals surface area contributed by atoms with Crippen LogP contribution >= 0.6 is 0 Å². The Kier molecular flexibility index (Phi) is 3.36. The van der Waals surface area contributed by atoms with Crippen molar-refractivity contribution in [2.24, 2.45) is 11.3 Å². The first-order valence-electron chi connectivity index (χ1n) is 8.34. The number of hydrogen-bond acceptors (Lipinski definition) is 3. The average molecular weight is 307 g/mol. The van der Waals surface area contributed by atoms with Crippen LogP contribution in [0, 0.1) is 11.3 Å². The molecular formula is C17H23F2N3. The minimum absolute atomic E-state index is 0.00970. The van der Waals surface area contributed by atoms with E-state index in [9.17, 15) is 8.78 Å². The van der Waals surface area contributed by atoms with Crippen molar-refractivity contribution >= 4 is 5.82 Å². The van der Waals surface area contributed by atoms with Crippen molar-refractivity contribution in [3.05, 3.63) is 24.4 Å². The second-order valence-corrected chi connectivity index (χ2v) is 7.27. The smallest absolute Gasteiger partial charge is 0.257 e. The van der Waals surface area contributed by atoms with Gasteiger partial charge >= 0.3 is 0 Å². The predicted octanol–water partition coefficient (Wildman–Crippen LogP) is 3.03. The fourth-order valence-corrected chi connectivity index (χ4v) is 4.04. The molecule has 120 valence electrons. The summed E-state index contributed by atoms with van der Waals surface area (Å²) in [5.74, 6) is -0.970. The number of anilines is 1. The van der Waals surface area contributed by atoms with Crippen LogP contribution in [0.5, 0.6) is 0 Å². The third-order valence-corrected chi connectivity index (χ3v) is 5.58. The molecule has 2 aliphatic heterocycles. The number of pyridine rings is 1. The highest BCUT2D eigenvalue weighted by atomic mass is 19.3. The molecule has 22 heavy (non-hydrogen) atoms. The van der Waals surface area contributed by atoms with Crippen LogP contribution in [-0.4, -0.2) is 48.5 Å². The summed E-state index contributed by atoms with van der Waals surface area (Å²) in [5.41, 5.74) is -0.891. The van der Waals surface area contributed by atoms with Crippen molar-refractivity contribution in [3.8, 4) is 0 Å². The second-order valence-electron chi connectivity index (χ2n) is 7.27. The summed E-state index contributed by atoms with van der Waals surface area (Å²) >= 11 is 0. The van der Waals surface area contributed by atoms with Crippen LogP contribution in [0.15, 0.2) is 24.4 Å². The van der Waals surface area contributed by atoms with E-state index < -0.39 is 11.3 Å². The third kappa shape index (κ3) is 2.49. The molecule has 3 nitrogen and oxygen atoms in total. The third-order valence-electron chi connectivity index (χ3n) is 5.58. The fourth-order valence-electron chi connectivity index (χ4n) is 4.04. The first-order valence-corrected chi connectivity index (χ1v) is 8.34. The molecule has 5 heteroatoms. The summed E-state index contributed by atoms with van der Waals surface area (Å²) < 4.78 is 29.4. The molecule has 3 heterocycles. The van der Waals surface area contributed by atoms with Crippen molar-refractivity contribution in [3.63, 3.8) is 0 Å². The normalized spacial score (nSPS) is 31.8. The van der Waals surface area contributed by atoms with Crippen molar-refractivity contribution < 1.29 is 8.78 Å². The maximum absolute atomic E-state index is 14.7. The molecule has 1 spiro atoms. The highest BCUT2D eigenvalue weighted by Crippen LogP contribution is 2.50. The van der Waals surface area contributed by atoms with E-state index in [0.29, 0.717) is 32.6 Å². The van der Waals surface area contributed by atoms with Crippen molar-refractivity contribution in [2.75, 3.05) is 37.6 Å². The van der Waals surface area contributed by atoms with Gasteiger partial charge < -0.3 is 9.80 Å². The molecule has 1 saturated carbocycles. The maximum atomic E-state index is 14.7.